The van der Waals surface area contributed by atoms with Crippen LogP contribution in [0.15, 0.2) is 70.5 Å². The SMILES string of the molecule is Cc1cc(NS(=O)(=O)c2ccc(NC(=O)C(F)(F)C(F)(F)C(F)(F)C(F)(F)C(=O)Nc3ccc(S(=O)(=O)Nc4cc(C)nc(C)n4)cc3)cc2)nc(C)n1. The normalized spacial score (nSPS) is 12.9. The molecule has 0 aliphatic carbocycles. The van der Waals surface area contributed by atoms with Crippen molar-refractivity contribution in [2.75, 3.05) is 20.1 Å². The van der Waals surface area contributed by atoms with Crippen LogP contribution in [0.3, 0.4) is 0 Å². The van der Waals surface area contributed by atoms with Gasteiger partial charge in [-0.15, -0.1) is 0 Å². The molecule has 4 N–H and O–H groups in total. The van der Waals surface area contributed by atoms with Gasteiger partial charge in [-0.2, -0.15) is 35.1 Å². The van der Waals surface area contributed by atoms with Crippen LogP contribution < -0.4 is 20.1 Å². The maximum Gasteiger partial charge on any atom is 0.393 e. The number of aryl methyl sites for hydroxylation is 4. The minimum atomic E-state index is -7.23. The second-order valence-corrected chi connectivity index (χ2v) is 14.7. The van der Waals surface area contributed by atoms with Gasteiger partial charge in [-0.1, -0.05) is 0 Å². The zero-order valence-electron chi connectivity index (χ0n) is 27.9. The van der Waals surface area contributed by atoms with Crippen LogP contribution in [-0.2, 0) is 29.6 Å². The molecule has 0 aliphatic heterocycles. The number of hydrogen-bond acceptors (Lipinski definition) is 10. The molecule has 2 aromatic heterocycles. The average molecular weight is 811 g/mol. The Bertz CT molecular complexity index is 2110. The summed E-state index contributed by atoms with van der Waals surface area (Å²) in [6.07, 6.45) is 0. The smallest absolute Gasteiger partial charge is 0.321 e. The van der Waals surface area contributed by atoms with E-state index in [2.05, 4.69) is 29.4 Å². The van der Waals surface area contributed by atoms with Crippen LogP contribution in [0.2, 0.25) is 0 Å². The summed E-state index contributed by atoms with van der Waals surface area (Å²) in [5.74, 6) is -34.0. The van der Waals surface area contributed by atoms with Gasteiger partial charge in [0.05, 0.1) is 9.79 Å². The Morgan fingerprint density at radius 3 is 1.09 bits per heavy atom. The second-order valence-electron chi connectivity index (χ2n) is 11.3. The second kappa shape index (κ2) is 14.4. The largest absolute Gasteiger partial charge is 0.393 e. The Hall–Kier alpha value is -5.52. The Kier molecular flexibility index (Phi) is 11.0. The summed E-state index contributed by atoms with van der Waals surface area (Å²) < 4.78 is 172. The fraction of sp³-hybridized carbons (Fsp3) is 0.267. The van der Waals surface area contributed by atoms with Crippen molar-refractivity contribution < 1.29 is 61.5 Å². The summed E-state index contributed by atoms with van der Waals surface area (Å²) in [5.41, 5.74) is -0.920. The first-order chi connectivity index (χ1) is 24.7. The first kappa shape index (κ1) is 41.2. The van der Waals surface area contributed by atoms with Gasteiger partial charge in [0.25, 0.3) is 20.0 Å². The van der Waals surface area contributed by atoms with Gasteiger partial charge < -0.3 is 10.6 Å². The maximum atomic E-state index is 14.6. The summed E-state index contributed by atoms with van der Waals surface area (Å²) in [5, 5.41) is 2.23. The summed E-state index contributed by atoms with van der Waals surface area (Å²) in [4.78, 5) is 38.8. The standard InChI is InChI=1S/C30H26F8N8O6S2/c1-15-13-23(41-17(3)39-15)45-53(49,50)21-9-5-19(6-10-21)43-25(47)27(31,32)29(35,36)30(37,38)28(33,34)26(48)44-20-7-11-22(12-8-20)54(51,52)46-24-14-16(2)40-18(4)42-24/h5-14H,1-4H3,(H,43,47)(H,44,48)(H,39,41,45)(H,40,42,46). The van der Waals surface area contributed by atoms with Crippen molar-refractivity contribution in [2.24, 2.45) is 0 Å². The minimum Gasteiger partial charge on any atom is -0.321 e. The van der Waals surface area contributed by atoms with Crippen LogP contribution in [0.1, 0.15) is 23.0 Å². The van der Waals surface area contributed by atoms with E-state index in [0.29, 0.717) is 59.9 Å². The molecule has 0 saturated heterocycles. The predicted octanol–water partition coefficient (Wildman–Crippen LogP) is 5.22. The third kappa shape index (κ3) is 8.32. The van der Waals surface area contributed by atoms with Crippen LogP contribution >= 0.6 is 0 Å². The number of aromatic nitrogens is 4. The van der Waals surface area contributed by atoms with Gasteiger partial charge in [-0.05, 0) is 76.2 Å². The lowest BCUT2D eigenvalue weighted by molar-refractivity contribution is -0.345. The molecule has 4 rings (SSSR count). The van der Waals surface area contributed by atoms with Crippen LogP contribution in [0, 0.1) is 27.7 Å². The first-order valence-electron chi connectivity index (χ1n) is 14.7. The molecule has 4 aromatic rings. The number of benzene rings is 2. The highest BCUT2D eigenvalue weighted by atomic mass is 32.2. The maximum absolute atomic E-state index is 14.6. The van der Waals surface area contributed by atoms with E-state index < -0.39 is 76.7 Å². The highest BCUT2D eigenvalue weighted by Crippen LogP contribution is 2.53. The van der Waals surface area contributed by atoms with Gasteiger partial charge in [0.1, 0.15) is 23.3 Å². The van der Waals surface area contributed by atoms with Crippen molar-refractivity contribution in [3.05, 3.63) is 83.7 Å². The summed E-state index contributed by atoms with van der Waals surface area (Å²) in [6, 6.07) is 7.70. The van der Waals surface area contributed by atoms with E-state index in [-0.39, 0.29) is 23.3 Å². The van der Waals surface area contributed by atoms with Gasteiger partial charge >= 0.3 is 35.5 Å². The number of alkyl halides is 8. The van der Waals surface area contributed by atoms with Crippen molar-refractivity contribution >= 4 is 54.9 Å². The Morgan fingerprint density at radius 2 is 0.815 bits per heavy atom. The molecule has 0 fully saturated rings. The average Bonchev–Trinajstić information content (AvgIpc) is 3.03. The number of rotatable bonds is 13. The lowest BCUT2D eigenvalue weighted by atomic mass is 9.97. The molecule has 2 heterocycles. The minimum absolute atomic E-state index is 0.160. The predicted molar refractivity (Wildman–Crippen MR) is 175 cm³/mol. The molecule has 0 spiro atoms. The summed E-state index contributed by atoms with van der Waals surface area (Å²) in [6.45, 7) is 6.01. The van der Waals surface area contributed by atoms with E-state index in [1.54, 1.807) is 0 Å². The summed E-state index contributed by atoms with van der Waals surface area (Å²) in [7, 11) is -8.82. The highest BCUT2D eigenvalue weighted by Gasteiger charge is 2.84. The van der Waals surface area contributed by atoms with Crippen molar-refractivity contribution in [1.29, 1.82) is 0 Å². The number of sulfonamides is 2. The van der Waals surface area contributed by atoms with Crippen molar-refractivity contribution in [3.8, 4) is 0 Å². The van der Waals surface area contributed by atoms with E-state index in [9.17, 15) is 61.5 Å². The van der Waals surface area contributed by atoms with E-state index in [0.717, 1.165) is 10.6 Å². The molecule has 2 aromatic carbocycles. The number of carbonyl (C=O) groups excluding carboxylic acids is 2. The number of amides is 2. The van der Waals surface area contributed by atoms with Crippen LogP contribution in [0.5, 0.6) is 0 Å². The molecule has 0 saturated carbocycles. The molecule has 24 heteroatoms. The van der Waals surface area contributed by atoms with E-state index in [4.69, 9.17) is 0 Å². The molecule has 290 valence electrons. The molecule has 2 amide bonds. The molecule has 0 bridgehead atoms. The zero-order chi connectivity index (χ0) is 40.7. The van der Waals surface area contributed by atoms with Gasteiger partial charge in [0, 0.05) is 34.9 Å². The quantitative estimate of drug-likeness (QED) is 0.130. The number of hydrogen-bond donors (Lipinski definition) is 4. The zero-order valence-corrected chi connectivity index (χ0v) is 29.5. The number of anilines is 4. The molecule has 0 radical (unpaired) electrons. The molecule has 54 heavy (non-hydrogen) atoms. The van der Waals surface area contributed by atoms with Gasteiger partial charge in [-0.25, -0.2) is 36.8 Å². The first-order valence-corrected chi connectivity index (χ1v) is 17.7. The molecule has 0 atom stereocenters. The van der Waals surface area contributed by atoms with Crippen molar-refractivity contribution in [3.63, 3.8) is 0 Å². The Balaban J connectivity index is 1.46. The number of carbonyl (C=O) groups is 2. The van der Waals surface area contributed by atoms with E-state index >= 15 is 0 Å². The highest BCUT2D eigenvalue weighted by molar-refractivity contribution is 7.93. The van der Waals surface area contributed by atoms with Crippen molar-refractivity contribution in [2.45, 2.75) is 61.2 Å². The molecule has 14 nitrogen and oxygen atoms in total. The lowest BCUT2D eigenvalue weighted by Crippen LogP contribution is -2.67. The van der Waals surface area contributed by atoms with Crippen molar-refractivity contribution in [1.82, 2.24) is 19.9 Å². The van der Waals surface area contributed by atoms with Gasteiger partial charge in [-0.3, -0.25) is 19.0 Å². The third-order valence-electron chi connectivity index (χ3n) is 7.01. The van der Waals surface area contributed by atoms with Crippen LogP contribution in [-0.4, -0.2) is 72.3 Å². The molecular formula is C30H26F8N8O6S2. The molecular weight excluding hydrogens is 784 g/mol. The number of halogens is 8. The van der Waals surface area contributed by atoms with Crippen LogP contribution in [0.4, 0.5) is 58.1 Å². The fourth-order valence-electron chi connectivity index (χ4n) is 4.47. The number of nitrogens with zero attached hydrogens (tertiary/aromatic N) is 4. The van der Waals surface area contributed by atoms with E-state index in [1.807, 2.05) is 0 Å². The Morgan fingerprint density at radius 1 is 0.519 bits per heavy atom. The molecule has 0 unspecified atom stereocenters. The summed E-state index contributed by atoms with van der Waals surface area (Å²) >= 11 is 0. The van der Waals surface area contributed by atoms with Gasteiger partial charge in [0.15, 0.2) is 0 Å². The van der Waals surface area contributed by atoms with E-state index in [1.165, 1.54) is 39.8 Å². The topological polar surface area (TPSA) is 202 Å². The monoisotopic (exact) mass is 810 g/mol. The fourth-order valence-corrected chi connectivity index (χ4v) is 6.45. The van der Waals surface area contributed by atoms with Gasteiger partial charge in [0.2, 0.25) is 0 Å². The molecule has 0 aliphatic rings. The lowest BCUT2D eigenvalue weighted by Gasteiger charge is -2.35. The Labute approximate surface area is 300 Å². The third-order valence-corrected chi connectivity index (χ3v) is 9.75. The van der Waals surface area contributed by atoms with Crippen LogP contribution in [0.25, 0.3) is 0 Å². The number of nitrogens with one attached hydrogen (secondary N) is 4.